The van der Waals surface area contributed by atoms with Crippen LogP contribution in [0.5, 0.6) is 0 Å². The molecule has 1 aromatic rings. The van der Waals surface area contributed by atoms with Gasteiger partial charge in [0.1, 0.15) is 12.2 Å². The Labute approximate surface area is 119 Å². The number of carboxylic acid groups (broad SMARTS) is 1. The highest BCUT2D eigenvalue weighted by Gasteiger charge is 2.63. The first-order valence-corrected chi connectivity index (χ1v) is 6.58. The summed E-state index contributed by atoms with van der Waals surface area (Å²) in [6.07, 6.45) is -3.86. The van der Waals surface area contributed by atoms with Crippen LogP contribution >= 0.6 is 0 Å². The predicted molar refractivity (Wildman–Crippen MR) is 66.4 cm³/mol. The Morgan fingerprint density at radius 2 is 2.19 bits per heavy atom. The Morgan fingerprint density at radius 3 is 2.67 bits per heavy atom. The van der Waals surface area contributed by atoms with Gasteiger partial charge in [0.25, 0.3) is 0 Å². The molecule has 0 amide bonds. The van der Waals surface area contributed by atoms with Crippen molar-refractivity contribution >= 4 is 5.97 Å². The molecule has 1 aliphatic heterocycles. The van der Waals surface area contributed by atoms with Crippen molar-refractivity contribution in [2.75, 3.05) is 13.1 Å². The Hall–Kier alpha value is -1.64. The third-order valence-electron chi connectivity index (χ3n) is 3.80. The zero-order chi connectivity index (χ0) is 15.8. The van der Waals surface area contributed by atoms with E-state index in [1.165, 1.54) is 11.2 Å². The average Bonchev–Trinajstić information content (AvgIpc) is 2.95. The molecule has 0 aliphatic carbocycles. The summed E-state index contributed by atoms with van der Waals surface area (Å²) in [5, 5.41) is 13.0. The number of aliphatic carboxylic acids is 1. The number of alkyl halides is 3. The first kappa shape index (κ1) is 15.7. The maximum atomic E-state index is 13.1. The highest BCUT2D eigenvalue weighted by molar-refractivity contribution is 5.76. The third-order valence-corrected chi connectivity index (χ3v) is 3.80. The van der Waals surface area contributed by atoms with Crippen LogP contribution in [0, 0.1) is 5.41 Å². The van der Waals surface area contributed by atoms with Gasteiger partial charge < -0.3 is 5.11 Å². The van der Waals surface area contributed by atoms with E-state index in [9.17, 15) is 18.0 Å². The highest BCUT2D eigenvalue weighted by Crippen LogP contribution is 2.45. The van der Waals surface area contributed by atoms with Crippen LogP contribution in [0.2, 0.25) is 0 Å². The molecular weight excluding hydrogens is 289 g/mol. The summed E-state index contributed by atoms with van der Waals surface area (Å²) >= 11 is 0. The van der Waals surface area contributed by atoms with Gasteiger partial charge in [-0.2, -0.15) is 18.3 Å². The van der Waals surface area contributed by atoms with Gasteiger partial charge in [-0.3, -0.25) is 9.69 Å². The minimum absolute atomic E-state index is 0.0388. The fourth-order valence-electron chi connectivity index (χ4n) is 2.57. The molecule has 1 aromatic heterocycles. The second-order valence-corrected chi connectivity index (χ2v) is 5.56. The van der Waals surface area contributed by atoms with E-state index in [0.717, 1.165) is 0 Å². The van der Waals surface area contributed by atoms with Crippen LogP contribution in [0.15, 0.2) is 6.33 Å². The van der Waals surface area contributed by atoms with Crippen molar-refractivity contribution in [1.29, 1.82) is 0 Å². The van der Waals surface area contributed by atoms with Crippen LogP contribution in [-0.2, 0) is 11.3 Å². The number of likely N-dealkylation sites (tertiary alicyclic amines) is 1. The van der Waals surface area contributed by atoms with Crippen molar-refractivity contribution in [2.45, 2.75) is 39.0 Å². The summed E-state index contributed by atoms with van der Waals surface area (Å²) < 4.78 is 40.9. The van der Waals surface area contributed by atoms with E-state index < -0.39 is 30.5 Å². The molecule has 1 aliphatic rings. The summed E-state index contributed by atoms with van der Waals surface area (Å²) in [4.78, 5) is 16.6. The molecule has 1 saturated heterocycles. The van der Waals surface area contributed by atoms with Crippen LogP contribution < -0.4 is 0 Å². The topological polar surface area (TPSA) is 71.2 Å². The maximum absolute atomic E-state index is 13.1. The van der Waals surface area contributed by atoms with E-state index >= 15 is 0 Å². The SMILES string of the molecule is CC(C)n1ncnc1CN1CCC(C(=O)O)(C(F)(F)F)C1. The quantitative estimate of drug-likeness (QED) is 0.916. The van der Waals surface area contributed by atoms with E-state index in [2.05, 4.69) is 10.1 Å². The Bertz CT molecular complexity index is 529. The minimum Gasteiger partial charge on any atom is -0.481 e. The van der Waals surface area contributed by atoms with Gasteiger partial charge in [-0.15, -0.1) is 0 Å². The smallest absolute Gasteiger partial charge is 0.406 e. The second-order valence-electron chi connectivity index (χ2n) is 5.56. The molecular formula is C12H17F3N4O2. The Kier molecular flexibility index (Phi) is 3.96. The van der Waals surface area contributed by atoms with Gasteiger partial charge in [0.15, 0.2) is 5.41 Å². The Balaban J connectivity index is 2.15. The van der Waals surface area contributed by atoms with Gasteiger partial charge in [-0.25, -0.2) is 9.67 Å². The minimum atomic E-state index is -4.76. The fraction of sp³-hybridized carbons (Fsp3) is 0.750. The molecule has 1 fully saturated rings. The van der Waals surface area contributed by atoms with E-state index in [-0.39, 0.29) is 19.1 Å². The third kappa shape index (κ3) is 2.74. The van der Waals surface area contributed by atoms with Gasteiger partial charge in [0.05, 0.1) is 6.54 Å². The van der Waals surface area contributed by atoms with Crippen molar-refractivity contribution < 1.29 is 23.1 Å². The summed E-state index contributed by atoms with van der Waals surface area (Å²) in [6, 6.07) is 0.0388. The molecule has 0 saturated carbocycles. The number of hydrogen-bond acceptors (Lipinski definition) is 4. The van der Waals surface area contributed by atoms with Crippen LogP contribution in [0.1, 0.15) is 32.1 Å². The van der Waals surface area contributed by atoms with E-state index in [0.29, 0.717) is 5.82 Å². The molecule has 2 heterocycles. The summed E-state index contributed by atoms with van der Waals surface area (Å²) in [6.45, 7) is 3.44. The van der Waals surface area contributed by atoms with Crippen molar-refractivity contribution in [1.82, 2.24) is 19.7 Å². The van der Waals surface area contributed by atoms with E-state index in [4.69, 9.17) is 5.11 Å². The molecule has 1 unspecified atom stereocenters. The molecule has 1 N–H and O–H groups in total. The van der Waals surface area contributed by atoms with Crippen molar-refractivity contribution in [3.63, 3.8) is 0 Å². The lowest BCUT2D eigenvalue weighted by Crippen LogP contribution is -2.47. The van der Waals surface area contributed by atoms with Crippen LogP contribution in [0.25, 0.3) is 0 Å². The number of hydrogen-bond donors (Lipinski definition) is 1. The normalized spacial score (nSPS) is 23.9. The number of carboxylic acids is 1. The summed E-state index contributed by atoms with van der Waals surface area (Å²) in [5.74, 6) is -1.28. The lowest BCUT2D eigenvalue weighted by molar-refractivity contribution is -0.227. The number of halogens is 3. The van der Waals surface area contributed by atoms with E-state index in [1.807, 2.05) is 13.8 Å². The molecule has 0 aromatic carbocycles. The number of aromatic nitrogens is 3. The second kappa shape index (κ2) is 5.28. The molecule has 2 rings (SSSR count). The highest BCUT2D eigenvalue weighted by atomic mass is 19.4. The standard InChI is InChI=1S/C12H17F3N4O2/c1-8(2)19-9(16-7-17-19)5-18-4-3-11(6-18,10(20)21)12(13,14)15/h7-8H,3-6H2,1-2H3,(H,20,21). The van der Waals surface area contributed by atoms with E-state index in [1.54, 1.807) is 4.68 Å². The monoisotopic (exact) mass is 306 g/mol. The van der Waals surface area contributed by atoms with Crippen molar-refractivity contribution in [3.05, 3.63) is 12.2 Å². The fourth-order valence-corrected chi connectivity index (χ4v) is 2.57. The molecule has 0 bridgehead atoms. The summed E-state index contributed by atoms with van der Waals surface area (Å²) in [7, 11) is 0. The lowest BCUT2D eigenvalue weighted by atomic mass is 9.86. The predicted octanol–water partition coefficient (Wildman–Crippen LogP) is 1.70. The number of nitrogens with zero attached hydrogens (tertiary/aromatic N) is 4. The van der Waals surface area contributed by atoms with Crippen LogP contribution in [0.4, 0.5) is 13.2 Å². The Morgan fingerprint density at radius 1 is 1.52 bits per heavy atom. The lowest BCUT2D eigenvalue weighted by Gasteiger charge is -2.27. The molecule has 0 radical (unpaired) electrons. The largest absolute Gasteiger partial charge is 0.481 e. The maximum Gasteiger partial charge on any atom is 0.406 e. The van der Waals surface area contributed by atoms with Crippen LogP contribution in [-0.4, -0.2) is 50.0 Å². The molecule has 9 heteroatoms. The van der Waals surface area contributed by atoms with Gasteiger partial charge >= 0.3 is 12.1 Å². The molecule has 21 heavy (non-hydrogen) atoms. The molecule has 118 valence electrons. The average molecular weight is 306 g/mol. The number of rotatable bonds is 4. The van der Waals surface area contributed by atoms with Crippen molar-refractivity contribution in [3.8, 4) is 0 Å². The van der Waals surface area contributed by atoms with Gasteiger partial charge in [-0.1, -0.05) is 0 Å². The zero-order valence-electron chi connectivity index (χ0n) is 11.8. The molecule has 1 atom stereocenters. The first-order valence-electron chi connectivity index (χ1n) is 6.58. The molecule has 0 spiro atoms. The summed E-state index contributed by atoms with van der Waals surface area (Å²) in [5.41, 5.74) is -2.68. The number of carbonyl (C=O) groups is 1. The molecule has 6 nitrogen and oxygen atoms in total. The van der Waals surface area contributed by atoms with Gasteiger partial charge in [-0.05, 0) is 20.3 Å². The van der Waals surface area contributed by atoms with Crippen molar-refractivity contribution in [2.24, 2.45) is 5.41 Å². The van der Waals surface area contributed by atoms with Gasteiger partial charge in [0.2, 0.25) is 0 Å². The van der Waals surface area contributed by atoms with Gasteiger partial charge in [0, 0.05) is 19.1 Å². The van der Waals surface area contributed by atoms with Crippen LogP contribution in [0.3, 0.4) is 0 Å². The first-order chi connectivity index (χ1) is 9.67. The zero-order valence-corrected chi connectivity index (χ0v) is 11.8.